The van der Waals surface area contributed by atoms with Crippen molar-refractivity contribution in [3.8, 4) is 0 Å². The Labute approximate surface area is 219 Å². The van der Waals surface area contributed by atoms with Crippen LogP contribution in [-0.2, 0) is 4.74 Å². The molecule has 1 aromatic rings. The van der Waals surface area contributed by atoms with Gasteiger partial charge in [-0.2, -0.15) is 0 Å². The van der Waals surface area contributed by atoms with Gasteiger partial charge in [-0.1, -0.05) is 63.5 Å². The van der Waals surface area contributed by atoms with E-state index in [0.29, 0.717) is 29.4 Å². The molecule has 0 aromatic heterocycles. The first-order valence-corrected chi connectivity index (χ1v) is 14.9. The molecule has 3 saturated carbocycles. The van der Waals surface area contributed by atoms with E-state index in [2.05, 4.69) is 26.8 Å². The van der Waals surface area contributed by atoms with Gasteiger partial charge >= 0.3 is 5.97 Å². The monoisotopic (exact) mass is 492 g/mol. The van der Waals surface area contributed by atoms with Crippen molar-refractivity contribution in [2.24, 2.45) is 46.3 Å². The van der Waals surface area contributed by atoms with E-state index in [1.54, 1.807) is 5.57 Å². The van der Waals surface area contributed by atoms with Gasteiger partial charge in [0.25, 0.3) is 0 Å². The number of unbranched alkanes of at least 4 members (excludes halogenated alkanes) is 1. The van der Waals surface area contributed by atoms with E-state index in [1.165, 1.54) is 57.8 Å². The van der Waals surface area contributed by atoms with Crippen LogP contribution in [0.2, 0.25) is 0 Å². The van der Waals surface area contributed by atoms with Crippen LogP contribution in [0.25, 0.3) is 0 Å². The summed E-state index contributed by atoms with van der Waals surface area (Å²) in [4.78, 5) is 12.3. The number of aliphatic hydroxyl groups excluding tert-OH is 1. The summed E-state index contributed by atoms with van der Waals surface area (Å²) in [5, 5.41) is 10.1. The fourth-order valence-corrected chi connectivity index (χ4v) is 9.59. The van der Waals surface area contributed by atoms with Crippen LogP contribution in [0.5, 0.6) is 0 Å². The van der Waals surface area contributed by atoms with Crippen molar-refractivity contribution in [2.75, 3.05) is 13.2 Å². The fraction of sp³-hybridized carbons (Fsp3) is 0.727. The van der Waals surface area contributed by atoms with Crippen LogP contribution in [0, 0.1) is 46.3 Å². The summed E-state index contributed by atoms with van der Waals surface area (Å²) in [5.41, 5.74) is 2.97. The summed E-state index contributed by atoms with van der Waals surface area (Å²) in [6.07, 6.45) is 17.1. The maximum Gasteiger partial charge on any atom is 0.338 e. The third kappa shape index (κ3) is 4.59. The molecular weight excluding hydrogens is 444 g/mol. The van der Waals surface area contributed by atoms with Crippen LogP contribution in [0.3, 0.4) is 0 Å². The van der Waals surface area contributed by atoms with Crippen LogP contribution in [-0.4, -0.2) is 24.3 Å². The Bertz CT molecular complexity index is 938. The molecule has 3 nitrogen and oxygen atoms in total. The first kappa shape index (κ1) is 26.0. The molecule has 1 N–H and O–H groups in total. The zero-order chi connectivity index (χ0) is 25.3. The lowest BCUT2D eigenvalue weighted by atomic mass is 9.44. The van der Waals surface area contributed by atoms with Gasteiger partial charge in [0.2, 0.25) is 0 Å². The first-order chi connectivity index (χ1) is 17.4. The molecule has 36 heavy (non-hydrogen) atoms. The topological polar surface area (TPSA) is 46.5 Å². The lowest BCUT2D eigenvalue weighted by Crippen LogP contribution is -2.53. The number of benzene rings is 1. The number of fused-ring (bicyclic) bond motifs is 5. The Morgan fingerprint density at radius 2 is 1.86 bits per heavy atom. The number of esters is 1. The molecule has 0 aliphatic heterocycles. The Balaban J connectivity index is 1.27. The molecule has 4 aliphatic rings. The van der Waals surface area contributed by atoms with Crippen LogP contribution in [0.15, 0.2) is 42.0 Å². The van der Waals surface area contributed by atoms with Crippen molar-refractivity contribution in [3.05, 3.63) is 47.5 Å². The van der Waals surface area contributed by atoms with Gasteiger partial charge in [0.15, 0.2) is 0 Å². The second kappa shape index (κ2) is 10.6. The maximum atomic E-state index is 12.3. The van der Waals surface area contributed by atoms with E-state index in [0.717, 1.165) is 30.6 Å². The summed E-state index contributed by atoms with van der Waals surface area (Å²) in [7, 11) is 0. The zero-order valence-corrected chi connectivity index (χ0v) is 22.9. The molecule has 1 aromatic carbocycles. The van der Waals surface area contributed by atoms with Gasteiger partial charge in [-0.15, -0.1) is 0 Å². The van der Waals surface area contributed by atoms with Crippen LogP contribution >= 0.6 is 0 Å². The summed E-state index contributed by atoms with van der Waals surface area (Å²) in [5.74, 6) is 4.00. The molecule has 5 rings (SSSR count). The highest BCUT2D eigenvalue weighted by Crippen LogP contribution is 2.68. The normalized spacial score (nSPS) is 38.3. The maximum absolute atomic E-state index is 12.3. The molecule has 0 amide bonds. The lowest BCUT2D eigenvalue weighted by molar-refractivity contribution is -0.110. The average Bonchev–Trinajstić information content (AvgIpc) is 3.20. The van der Waals surface area contributed by atoms with E-state index < -0.39 is 0 Å². The third-order valence-electron chi connectivity index (χ3n) is 11.3. The average molecular weight is 493 g/mol. The Morgan fingerprint density at radius 3 is 2.64 bits per heavy atom. The predicted octanol–water partition coefficient (Wildman–Crippen LogP) is 7.84. The molecule has 8 atom stereocenters. The molecule has 0 spiro atoms. The smallest absolute Gasteiger partial charge is 0.338 e. The lowest BCUT2D eigenvalue weighted by Gasteiger charge is -2.61. The van der Waals surface area contributed by atoms with E-state index in [-0.39, 0.29) is 23.9 Å². The zero-order valence-electron chi connectivity index (χ0n) is 22.9. The number of aliphatic hydroxyl groups is 1. The number of hydrogen-bond acceptors (Lipinski definition) is 3. The van der Waals surface area contributed by atoms with Gasteiger partial charge in [-0.3, -0.25) is 0 Å². The number of rotatable bonds is 8. The number of hydrogen-bond donors (Lipinski definition) is 1. The SMILES string of the molecule is CC(CO)C1=CC(CCCCOC(=O)c2ccccc2)[C@H]2[C@@H]3CCC4CCCC[C@]4(C)[C@H]3CC[C@]12C. The highest BCUT2D eigenvalue weighted by Gasteiger charge is 2.60. The van der Waals surface area contributed by atoms with Gasteiger partial charge in [-0.05, 0) is 110 Å². The van der Waals surface area contributed by atoms with Crippen LogP contribution < -0.4 is 0 Å². The molecule has 0 bridgehead atoms. The highest BCUT2D eigenvalue weighted by molar-refractivity contribution is 5.89. The van der Waals surface area contributed by atoms with E-state index in [4.69, 9.17) is 4.74 Å². The molecule has 3 fully saturated rings. The minimum atomic E-state index is -0.212. The van der Waals surface area contributed by atoms with Gasteiger partial charge in [0.1, 0.15) is 0 Å². The minimum Gasteiger partial charge on any atom is -0.462 e. The first-order valence-electron chi connectivity index (χ1n) is 14.9. The molecule has 4 aliphatic carbocycles. The van der Waals surface area contributed by atoms with E-state index in [1.807, 2.05) is 30.3 Å². The van der Waals surface area contributed by atoms with Crippen LogP contribution in [0.4, 0.5) is 0 Å². The number of ether oxygens (including phenoxy) is 1. The van der Waals surface area contributed by atoms with Crippen molar-refractivity contribution in [2.45, 2.75) is 91.4 Å². The molecular formula is C33H48O3. The molecule has 198 valence electrons. The largest absolute Gasteiger partial charge is 0.462 e. The van der Waals surface area contributed by atoms with Gasteiger partial charge in [-0.25, -0.2) is 4.79 Å². The van der Waals surface area contributed by atoms with Crippen molar-refractivity contribution in [1.29, 1.82) is 0 Å². The highest BCUT2D eigenvalue weighted by atomic mass is 16.5. The Kier molecular flexibility index (Phi) is 7.69. The molecule has 0 saturated heterocycles. The van der Waals surface area contributed by atoms with E-state index in [9.17, 15) is 9.90 Å². The Morgan fingerprint density at radius 1 is 1.06 bits per heavy atom. The summed E-state index contributed by atoms with van der Waals surface area (Å²) in [6, 6.07) is 9.31. The molecule has 0 radical (unpaired) electrons. The van der Waals surface area contributed by atoms with E-state index >= 15 is 0 Å². The third-order valence-corrected chi connectivity index (χ3v) is 11.3. The Hall–Kier alpha value is -1.61. The number of carbonyl (C=O) groups is 1. The second-order valence-corrected chi connectivity index (χ2v) is 13.1. The van der Waals surface area contributed by atoms with Gasteiger partial charge in [0, 0.05) is 12.5 Å². The molecule has 3 unspecified atom stereocenters. The second-order valence-electron chi connectivity index (χ2n) is 13.1. The van der Waals surface area contributed by atoms with Crippen LogP contribution in [0.1, 0.15) is 102 Å². The summed E-state index contributed by atoms with van der Waals surface area (Å²) >= 11 is 0. The van der Waals surface area contributed by atoms with Gasteiger partial charge in [0.05, 0.1) is 12.2 Å². The van der Waals surface area contributed by atoms with Crippen molar-refractivity contribution < 1.29 is 14.6 Å². The minimum absolute atomic E-state index is 0.212. The predicted molar refractivity (Wildman–Crippen MR) is 146 cm³/mol. The van der Waals surface area contributed by atoms with Crippen molar-refractivity contribution in [1.82, 2.24) is 0 Å². The quantitative estimate of drug-likeness (QED) is 0.228. The van der Waals surface area contributed by atoms with Crippen molar-refractivity contribution >= 4 is 5.97 Å². The van der Waals surface area contributed by atoms with Crippen molar-refractivity contribution in [3.63, 3.8) is 0 Å². The fourth-order valence-electron chi connectivity index (χ4n) is 9.59. The summed E-state index contributed by atoms with van der Waals surface area (Å²) in [6.45, 7) is 8.18. The molecule has 3 heteroatoms. The summed E-state index contributed by atoms with van der Waals surface area (Å²) < 4.78 is 5.57. The number of allylic oxidation sites excluding steroid dienone is 1. The molecule has 0 heterocycles. The standard InChI is InChI=1S/C33H48O3/c1-23(22-34)29-21-25(13-8-10-20-36-31(35)24-11-5-4-6-12-24)30-27-16-15-26-14-7-9-18-32(26,2)28(27)17-19-33(29,30)3/h4-6,11-12,21,23,25-28,30,34H,7-10,13-20,22H2,1-3H3/t23?,25?,26?,27-,28+,30+,32+,33-/m1/s1. The number of carbonyl (C=O) groups excluding carboxylic acids is 1. The van der Waals surface area contributed by atoms with Gasteiger partial charge < -0.3 is 9.84 Å².